The molecule has 0 aromatic carbocycles. The second kappa shape index (κ2) is 5.44. The second-order valence-corrected chi connectivity index (χ2v) is 6.24. The van der Waals surface area contributed by atoms with E-state index in [0.717, 1.165) is 37.0 Å². The fourth-order valence-electron chi connectivity index (χ4n) is 2.39. The van der Waals surface area contributed by atoms with Crippen LogP contribution in [0.25, 0.3) is 4.96 Å². The van der Waals surface area contributed by atoms with E-state index in [2.05, 4.69) is 27.2 Å². The zero-order chi connectivity index (χ0) is 15.0. The van der Waals surface area contributed by atoms with Gasteiger partial charge >= 0.3 is 0 Å². The Hall–Kier alpha value is -1.96. The number of aromatic nitrogens is 3. The van der Waals surface area contributed by atoms with Gasteiger partial charge in [0, 0.05) is 26.3 Å². The molecule has 0 saturated carbocycles. The lowest BCUT2D eigenvalue weighted by atomic mass is 10.00. The average molecular weight is 307 g/mol. The largest absolute Gasteiger partial charge is 0.355 e. The predicted molar refractivity (Wildman–Crippen MR) is 81.1 cm³/mol. The molecule has 1 saturated heterocycles. The number of nitrogens with zero attached hydrogens (tertiary/aromatic N) is 4. The first kappa shape index (κ1) is 14.0. The minimum atomic E-state index is -0.441. The molecule has 0 atom stereocenters. The summed E-state index contributed by atoms with van der Waals surface area (Å²) in [7, 11) is 1.48. The third kappa shape index (κ3) is 2.51. The molecule has 1 aliphatic rings. The van der Waals surface area contributed by atoms with Crippen LogP contribution in [0, 0.1) is 5.92 Å². The van der Waals surface area contributed by atoms with Gasteiger partial charge in [0.05, 0.1) is 0 Å². The second-order valence-electron chi connectivity index (χ2n) is 5.30. The summed E-state index contributed by atoms with van der Waals surface area (Å²) in [5.41, 5.74) is -0.411. The Kier molecular flexibility index (Phi) is 3.62. The molecular weight excluding hydrogens is 290 g/mol. The fraction of sp³-hybridized carbons (Fsp3) is 0.538. The number of fused-ring (bicyclic) bond motifs is 1. The molecule has 0 spiro atoms. The summed E-state index contributed by atoms with van der Waals surface area (Å²) in [5.74, 6) is 0.291. The van der Waals surface area contributed by atoms with Crippen molar-refractivity contribution in [3.63, 3.8) is 0 Å². The van der Waals surface area contributed by atoms with Crippen molar-refractivity contribution in [2.45, 2.75) is 19.8 Å². The smallest absolute Gasteiger partial charge is 0.288 e. The van der Waals surface area contributed by atoms with Gasteiger partial charge in [-0.15, -0.1) is 5.10 Å². The molecule has 0 radical (unpaired) electrons. The highest BCUT2D eigenvalue weighted by Gasteiger charge is 2.21. The average Bonchev–Trinajstić information content (AvgIpc) is 2.92. The number of hydrogen-bond acceptors (Lipinski definition) is 6. The molecule has 3 rings (SSSR count). The highest BCUT2D eigenvalue weighted by Crippen LogP contribution is 2.26. The van der Waals surface area contributed by atoms with E-state index in [1.807, 2.05) is 0 Å². The summed E-state index contributed by atoms with van der Waals surface area (Å²) >= 11 is 1.38. The highest BCUT2D eigenvalue weighted by atomic mass is 32.1. The third-order valence-corrected chi connectivity index (χ3v) is 4.79. The van der Waals surface area contributed by atoms with Gasteiger partial charge in [0.25, 0.3) is 11.5 Å². The van der Waals surface area contributed by atoms with Crippen molar-refractivity contribution in [1.82, 2.24) is 19.9 Å². The summed E-state index contributed by atoms with van der Waals surface area (Å²) < 4.78 is 1.22. The van der Waals surface area contributed by atoms with Crippen LogP contribution in [-0.2, 0) is 0 Å². The Labute approximate surface area is 125 Å². The predicted octanol–water partition coefficient (Wildman–Crippen LogP) is 0.747. The van der Waals surface area contributed by atoms with E-state index >= 15 is 0 Å². The van der Waals surface area contributed by atoms with Gasteiger partial charge in [0.1, 0.15) is 5.56 Å². The van der Waals surface area contributed by atoms with Crippen molar-refractivity contribution in [3.8, 4) is 0 Å². The number of anilines is 1. The van der Waals surface area contributed by atoms with Crippen molar-refractivity contribution in [3.05, 3.63) is 22.1 Å². The number of nitrogens with one attached hydrogen (secondary N) is 1. The Bertz CT molecular complexity index is 730. The Balaban J connectivity index is 1.99. The number of rotatable bonds is 2. The molecule has 2 aromatic heterocycles. The Morgan fingerprint density at radius 1 is 1.43 bits per heavy atom. The number of piperidine rings is 1. The zero-order valence-electron chi connectivity index (χ0n) is 12.0. The molecule has 2 aromatic rings. The van der Waals surface area contributed by atoms with Gasteiger partial charge in [-0.2, -0.15) is 4.52 Å². The van der Waals surface area contributed by atoms with E-state index in [1.54, 1.807) is 0 Å². The molecule has 0 aliphatic carbocycles. The van der Waals surface area contributed by atoms with Gasteiger partial charge in [-0.25, -0.2) is 4.98 Å². The quantitative estimate of drug-likeness (QED) is 0.885. The first-order chi connectivity index (χ1) is 10.1. The maximum absolute atomic E-state index is 12.3. The molecule has 8 heteroatoms. The molecule has 0 bridgehead atoms. The maximum Gasteiger partial charge on any atom is 0.288 e. The molecule has 7 nitrogen and oxygen atoms in total. The number of hydrogen-bond donors (Lipinski definition) is 1. The lowest BCUT2D eigenvalue weighted by Gasteiger charge is -2.29. The van der Waals surface area contributed by atoms with E-state index < -0.39 is 11.5 Å². The third-order valence-electron chi connectivity index (χ3n) is 3.80. The summed E-state index contributed by atoms with van der Waals surface area (Å²) in [6.07, 6.45) is 3.57. The van der Waals surface area contributed by atoms with Crippen LogP contribution in [0.2, 0.25) is 0 Å². The van der Waals surface area contributed by atoms with Crippen LogP contribution in [0.5, 0.6) is 0 Å². The van der Waals surface area contributed by atoms with E-state index in [-0.39, 0.29) is 5.56 Å². The molecule has 1 amide bonds. The monoisotopic (exact) mass is 307 g/mol. The fourth-order valence-corrected chi connectivity index (χ4v) is 3.31. The molecular formula is C13H17N5O2S. The van der Waals surface area contributed by atoms with Crippen LogP contribution in [0.15, 0.2) is 11.0 Å². The summed E-state index contributed by atoms with van der Waals surface area (Å²) in [4.78, 5) is 30.8. The van der Waals surface area contributed by atoms with E-state index in [0.29, 0.717) is 4.96 Å². The first-order valence-corrected chi connectivity index (χ1v) is 7.77. The molecule has 0 unspecified atom stereocenters. The van der Waals surface area contributed by atoms with Crippen molar-refractivity contribution in [2.75, 3.05) is 25.0 Å². The number of amides is 1. The summed E-state index contributed by atoms with van der Waals surface area (Å²) in [6, 6.07) is 0. The van der Waals surface area contributed by atoms with Crippen LogP contribution in [-0.4, -0.2) is 40.6 Å². The van der Waals surface area contributed by atoms with Crippen molar-refractivity contribution in [2.24, 2.45) is 5.92 Å². The molecule has 3 heterocycles. The SMILES string of the molecule is CNC(=O)c1cnc2sc(N3CCC(C)CC3)nn2c1=O. The van der Waals surface area contributed by atoms with Gasteiger partial charge in [-0.05, 0) is 18.8 Å². The van der Waals surface area contributed by atoms with Crippen molar-refractivity contribution >= 4 is 27.3 Å². The Morgan fingerprint density at radius 3 is 2.81 bits per heavy atom. The molecule has 21 heavy (non-hydrogen) atoms. The lowest BCUT2D eigenvalue weighted by molar-refractivity contribution is 0.0961. The summed E-state index contributed by atoms with van der Waals surface area (Å²) in [5, 5.41) is 7.57. The van der Waals surface area contributed by atoms with Crippen molar-refractivity contribution in [1.29, 1.82) is 0 Å². The van der Waals surface area contributed by atoms with Crippen LogP contribution < -0.4 is 15.8 Å². The lowest BCUT2D eigenvalue weighted by Crippen LogP contribution is -2.33. The van der Waals surface area contributed by atoms with Crippen molar-refractivity contribution < 1.29 is 4.79 Å². The van der Waals surface area contributed by atoms with Crippen LogP contribution in [0.3, 0.4) is 0 Å². The minimum Gasteiger partial charge on any atom is -0.355 e. The zero-order valence-corrected chi connectivity index (χ0v) is 12.8. The molecule has 112 valence electrons. The summed E-state index contributed by atoms with van der Waals surface area (Å²) in [6.45, 7) is 4.13. The van der Waals surface area contributed by atoms with Gasteiger partial charge in [0.15, 0.2) is 0 Å². The standard InChI is InChI=1S/C13H17N5O2S/c1-8-3-5-17(6-4-8)13-16-18-11(20)9(10(19)14-2)7-15-12(18)21-13/h7-8H,3-6H2,1-2H3,(H,14,19). The first-order valence-electron chi connectivity index (χ1n) is 6.96. The highest BCUT2D eigenvalue weighted by molar-refractivity contribution is 7.20. The maximum atomic E-state index is 12.3. The minimum absolute atomic E-state index is 0.0131. The molecule has 1 N–H and O–H groups in total. The van der Waals surface area contributed by atoms with Crippen LogP contribution >= 0.6 is 11.3 Å². The molecule has 1 fully saturated rings. The van der Waals surface area contributed by atoms with E-state index in [4.69, 9.17) is 0 Å². The number of carbonyl (C=O) groups excluding carboxylic acids is 1. The normalized spacial score (nSPS) is 16.4. The van der Waals surface area contributed by atoms with Gasteiger partial charge in [0.2, 0.25) is 10.1 Å². The topological polar surface area (TPSA) is 79.6 Å². The molecule has 1 aliphatic heterocycles. The number of carbonyl (C=O) groups is 1. The van der Waals surface area contributed by atoms with Gasteiger partial charge < -0.3 is 10.2 Å². The van der Waals surface area contributed by atoms with Gasteiger partial charge in [-0.1, -0.05) is 18.3 Å². The van der Waals surface area contributed by atoms with E-state index in [1.165, 1.54) is 29.1 Å². The van der Waals surface area contributed by atoms with E-state index in [9.17, 15) is 9.59 Å². The van der Waals surface area contributed by atoms with Crippen LogP contribution in [0.4, 0.5) is 5.13 Å². The van der Waals surface area contributed by atoms with Gasteiger partial charge in [-0.3, -0.25) is 9.59 Å². The Morgan fingerprint density at radius 2 is 2.14 bits per heavy atom. The van der Waals surface area contributed by atoms with Crippen LogP contribution in [0.1, 0.15) is 30.1 Å².